The first-order chi connectivity index (χ1) is 19.9. The lowest BCUT2D eigenvalue weighted by Gasteiger charge is -2.37. The maximum atomic E-state index is 13.7. The van der Waals surface area contributed by atoms with Crippen molar-refractivity contribution in [3.8, 4) is 5.75 Å². The van der Waals surface area contributed by atoms with Gasteiger partial charge in [0.1, 0.15) is 5.75 Å². The van der Waals surface area contributed by atoms with Crippen LogP contribution in [0.3, 0.4) is 0 Å². The maximum Gasteiger partial charge on any atom is 0.321 e. The minimum absolute atomic E-state index is 0.111. The predicted octanol–water partition coefficient (Wildman–Crippen LogP) is 4.08. The second kappa shape index (κ2) is 12.7. The van der Waals surface area contributed by atoms with Gasteiger partial charge in [0.05, 0.1) is 25.9 Å². The number of aryl methyl sites for hydroxylation is 1. The third kappa shape index (κ3) is 6.78. The van der Waals surface area contributed by atoms with Gasteiger partial charge in [0, 0.05) is 61.9 Å². The van der Waals surface area contributed by atoms with E-state index in [1.807, 2.05) is 37.3 Å². The Morgan fingerprint density at radius 3 is 2.24 bits per heavy atom. The molecule has 0 aliphatic carbocycles. The highest BCUT2D eigenvalue weighted by molar-refractivity contribution is 6.06. The number of urea groups is 1. The number of hydrogen-bond acceptors (Lipinski definition) is 6. The fourth-order valence-corrected chi connectivity index (χ4v) is 5.04. The van der Waals surface area contributed by atoms with E-state index in [0.717, 1.165) is 16.9 Å². The van der Waals surface area contributed by atoms with Crippen LogP contribution in [0.4, 0.5) is 21.9 Å². The molecule has 0 aromatic heterocycles. The number of piperazine rings is 1. The van der Waals surface area contributed by atoms with Crippen molar-refractivity contribution >= 4 is 34.9 Å². The second-order valence-corrected chi connectivity index (χ2v) is 10.1. The van der Waals surface area contributed by atoms with E-state index >= 15 is 0 Å². The van der Waals surface area contributed by atoms with Crippen LogP contribution in [-0.4, -0.2) is 87.2 Å². The van der Waals surface area contributed by atoms with E-state index in [-0.39, 0.29) is 17.8 Å². The zero-order chi connectivity index (χ0) is 28.8. The molecule has 0 radical (unpaired) electrons. The van der Waals surface area contributed by atoms with E-state index in [1.165, 1.54) is 0 Å². The van der Waals surface area contributed by atoms with Crippen molar-refractivity contribution < 1.29 is 23.9 Å². The molecule has 10 heteroatoms. The quantitative estimate of drug-likeness (QED) is 0.474. The van der Waals surface area contributed by atoms with Gasteiger partial charge in [0.25, 0.3) is 11.8 Å². The third-order valence-corrected chi connectivity index (χ3v) is 7.29. The number of anilines is 3. The van der Waals surface area contributed by atoms with Gasteiger partial charge in [-0.25, -0.2) is 4.79 Å². The highest BCUT2D eigenvalue weighted by Gasteiger charge is 2.27. The Morgan fingerprint density at radius 2 is 1.51 bits per heavy atom. The number of hydrogen-bond donors (Lipinski definition) is 2. The highest BCUT2D eigenvalue weighted by Crippen LogP contribution is 2.28. The number of carbonyl (C=O) groups excluding carboxylic acids is 3. The SMILES string of the molecule is COc1cccc(C(=O)Nc2ccc(N3CCN(C(=O)Nc4cccc(C)c4)CC3)c(C(=O)N3CCOCC3)c2)c1. The number of methoxy groups -OCH3 is 1. The fourth-order valence-electron chi connectivity index (χ4n) is 5.04. The predicted molar refractivity (Wildman–Crippen MR) is 158 cm³/mol. The largest absolute Gasteiger partial charge is 0.497 e. The Balaban J connectivity index is 1.32. The molecule has 2 heterocycles. The van der Waals surface area contributed by atoms with Crippen LogP contribution in [0.5, 0.6) is 5.75 Å². The molecule has 0 bridgehead atoms. The molecular formula is C31H35N5O5. The summed E-state index contributed by atoms with van der Waals surface area (Å²) in [5, 5.41) is 5.89. The number of carbonyl (C=O) groups is 3. The first-order valence-corrected chi connectivity index (χ1v) is 13.8. The van der Waals surface area contributed by atoms with Crippen LogP contribution < -0.4 is 20.3 Å². The van der Waals surface area contributed by atoms with E-state index in [9.17, 15) is 14.4 Å². The van der Waals surface area contributed by atoms with E-state index in [1.54, 1.807) is 53.3 Å². The van der Waals surface area contributed by atoms with Crippen LogP contribution in [-0.2, 0) is 4.74 Å². The summed E-state index contributed by atoms with van der Waals surface area (Å²) >= 11 is 0. The van der Waals surface area contributed by atoms with Gasteiger partial charge in [-0.3, -0.25) is 9.59 Å². The zero-order valence-electron chi connectivity index (χ0n) is 23.4. The molecule has 10 nitrogen and oxygen atoms in total. The van der Waals surface area contributed by atoms with Gasteiger partial charge >= 0.3 is 6.03 Å². The summed E-state index contributed by atoms with van der Waals surface area (Å²) in [4.78, 5) is 45.2. The number of nitrogens with zero attached hydrogens (tertiary/aromatic N) is 3. The molecule has 4 amide bonds. The van der Waals surface area contributed by atoms with Crippen molar-refractivity contribution in [3.05, 3.63) is 83.4 Å². The lowest BCUT2D eigenvalue weighted by molar-refractivity contribution is 0.0303. The number of nitrogens with one attached hydrogen (secondary N) is 2. The molecule has 0 unspecified atom stereocenters. The zero-order valence-corrected chi connectivity index (χ0v) is 23.4. The van der Waals surface area contributed by atoms with Crippen molar-refractivity contribution in [3.63, 3.8) is 0 Å². The summed E-state index contributed by atoms with van der Waals surface area (Å²) in [7, 11) is 1.55. The Bertz CT molecular complexity index is 1410. The minimum Gasteiger partial charge on any atom is -0.497 e. The lowest BCUT2D eigenvalue weighted by Crippen LogP contribution is -2.50. The molecule has 2 N–H and O–H groups in total. The van der Waals surface area contributed by atoms with Crippen molar-refractivity contribution in [2.24, 2.45) is 0 Å². The molecule has 2 fully saturated rings. The number of amides is 4. The van der Waals surface area contributed by atoms with Gasteiger partial charge in [-0.1, -0.05) is 18.2 Å². The van der Waals surface area contributed by atoms with Gasteiger partial charge in [0.15, 0.2) is 0 Å². The standard InChI is InChI=1S/C31H35N5O5/c1-22-5-3-7-24(19-22)33-31(39)36-13-11-34(12-14-36)28-10-9-25(21-27(28)30(38)35-15-17-41-18-16-35)32-29(37)23-6-4-8-26(20-23)40-2/h3-10,19-21H,11-18H2,1-2H3,(H,32,37)(H,33,39). The first-order valence-electron chi connectivity index (χ1n) is 13.8. The van der Waals surface area contributed by atoms with E-state index < -0.39 is 0 Å². The smallest absolute Gasteiger partial charge is 0.321 e. The lowest BCUT2D eigenvalue weighted by atomic mass is 10.1. The van der Waals surface area contributed by atoms with E-state index in [4.69, 9.17) is 9.47 Å². The summed E-state index contributed by atoms with van der Waals surface area (Å²) in [6, 6.07) is 19.9. The van der Waals surface area contributed by atoms with E-state index in [0.29, 0.717) is 75.0 Å². The van der Waals surface area contributed by atoms with Crippen LogP contribution in [0.1, 0.15) is 26.3 Å². The third-order valence-electron chi connectivity index (χ3n) is 7.29. The number of ether oxygens (including phenoxy) is 2. The Hall–Kier alpha value is -4.57. The van der Waals surface area contributed by atoms with Gasteiger partial charge in [-0.2, -0.15) is 0 Å². The van der Waals surface area contributed by atoms with Crippen molar-refractivity contribution in [2.45, 2.75) is 6.92 Å². The molecule has 2 aliphatic rings. The maximum absolute atomic E-state index is 13.7. The topological polar surface area (TPSA) is 103 Å². The second-order valence-electron chi connectivity index (χ2n) is 10.1. The van der Waals surface area contributed by atoms with Gasteiger partial charge < -0.3 is 34.8 Å². The summed E-state index contributed by atoms with van der Waals surface area (Å²) in [6.07, 6.45) is 0. The minimum atomic E-state index is -0.297. The van der Waals surface area contributed by atoms with Crippen LogP contribution in [0, 0.1) is 6.92 Å². The molecule has 0 atom stereocenters. The summed E-state index contributed by atoms with van der Waals surface area (Å²) in [5.41, 5.74) is 4.10. The molecule has 2 saturated heterocycles. The molecule has 0 saturated carbocycles. The average Bonchev–Trinajstić information content (AvgIpc) is 3.01. The molecule has 3 aromatic carbocycles. The normalized spacial score (nSPS) is 15.3. The molecule has 41 heavy (non-hydrogen) atoms. The molecule has 5 rings (SSSR count). The summed E-state index contributed by atoms with van der Waals surface area (Å²) in [6.45, 7) is 6.13. The Morgan fingerprint density at radius 1 is 0.780 bits per heavy atom. The summed E-state index contributed by atoms with van der Waals surface area (Å²) in [5.74, 6) is 0.179. The van der Waals surface area contributed by atoms with Crippen molar-refractivity contribution in [2.75, 3.05) is 75.1 Å². The monoisotopic (exact) mass is 557 g/mol. The van der Waals surface area contributed by atoms with Crippen molar-refractivity contribution in [1.29, 1.82) is 0 Å². The molecule has 214 valence electrons. The van der Waals surface area contributed by atoms with Gasteiger partial charge in [-0.15, -0.1) is 0 Å². The summed E-state index contributed by atoms with van der Waals surface area (Å²) < 4.78 is 10.7. The van der Waals surface area contributed by atoms with Gasteiger partial charge in [0.2, 0.25) is 0 Å². The molecule has 3 aromatic rings. The van der Waals surface area contributed by atoms with Crippen molar-refractivity contribution in [1.82, 2.24) is 9.80 Å². The Labute approximate surface area is 239 Å². The number of rotatable bonds is 6. The number of morpholine rings is 1. The molecule has 2 aliphatic heterocycles. The first kappa shape index (κ1) is 28.0. The number of benzene rings is 3. The highest BCUT2D eigenvalue weighted by atomic mass is 16.5. The van der Waals surface area contributed by atoms with E-state index in [2.05, 4.69) is 15.5 Å². The molecule has 0 spiro atoms. The van der Waals surface area contributed by atoms with Crippen LogP contribution in [0.2, 0.25) is 0 Å². The van der Waals surface area contributed by atoms with Crippen LogP contribution in [0.25, 0.3) is 0 Å². The average molecular weight is 558 g/mol. The fraction of sp³-hybridized carbons (Fsp3) is 0.323. The van der Waals surface area contributed by atoms with Crippen LogP contribution >= 0.6 is 0 Å². The van der Waals surface area contributed by atoms with Gasteiger partial charge in [-0.05, 0) is 61.0 Å². The van der Waals surface area contributed by atoms with Crippen LogP contribution in [0.15, 0.2) is 66.7 Å². The molecular weight excluding hydrogens is 522 g/mol. The Kier molecular flexibility index (Phi) is 8.69.